The summed E-state index contributed by atoms with van der Waals surface area (Å²) in [6.45, 7) is 3.11. The molecule has 2 heterocycles. The number of carbonyl (C=O) groups excluding carboxylic acids is 2. The Bertz CT molecular complexity index is 809. The number of benzene rings is 1. The number of pyridine rings is 1. The number of aromatic nitrogens is 1. The van der Waals surface area contributed by atoms with E-state index in [-0.39, 0.29) is 18.4 Å². The van der Waals surface area contributed by atoms with E-state index in [1.54, 1.807) is 30.3 Å². The molecule has 0 unspecified atom stereocenters. The molecule has 1 aromatic carbocycles. The number of ether oxygens (including phenoxy) is 2. The molecule has 1 fully saturated rings. The maximum Gasteiger partial charge on any atom is 0.259 e. The van der Waals surface area contributed by atoms with Gasteiger partial charge in [0.25, 0.3) is 5.91 Å². The minimum absolute atomic E-state index is 0.0104. The molecule has 1 aliphatic rings. The van der Waals surface area contributed by atoms with Gasteiger partial charge in [0.1, 0.15) is 17.9 Å². The van der Waals surface area contributed by atoms with Gasteiger partial charge in [-0.2, -0.15) is 0 Å². The maximum absolute atomic E-state index is 12.8. The average molecular weight is 355 g/mol. The Balaban J connectivity index is 1.74. The van der Waals surface area contributed by atoms with Gasteiger partial charge in [0.2, 0.25) is 11.8 Å². The van der Waals surface area contributed by atoms with Gasteiger partial charge in [0.05, 0.1) is 13.7 Å². The second-order valence-corrected chi connectivity index (χ2v) is 5.76. The van der Waals surface area contributed by atoms with Crippen LogP contribution >= 0.6 is 0 Å². The summed E-state index contributed by atoms with van der Waals surface area (Å²) in [6.07, 6.45) is 1.58. The molecule has 0 radical (unpaired) electrons. The van der Waals surface area contributed by atoms with E-state index in [0.29, 0.717) is 36.9 Å². The molecule has 7 heteroatoms. The fourth-order valence-corrected chi connectivity index (χ4v) is 2.87. The Kier molecular flexibility index (Phi) is 5.36. The van der Waals surface area contributed by atoms with Crippen LogP contribution in [0.3, 0.4) is 0 Å². The van der Waals surface area contributed by atoms with E-state index in [4.69, 9.17) is 9.47 Å². The fraction of sp³-hybridized carbons (Fsp3) is 0.316. The molecule has 0 saturated carbocycles. The molecule has 26 heavy (non-hydrogen) atoms. The van der Waals surface area contributed by atoms with E-state index in [2.05, 4.69) is 4.98 Å². The summed E-state index contributed by atoms with van der Waals surface area (Å²) in [5.41, 5.74) is 1.13. The Hall–Kier alpha value is -3.09. The number of carbonyl (C=O) groups is 2. The van der Waals surface area contributed by atoms with Crippen molar-refractivity contribution in [3.8, 4) is 11.6 Å². The standard InChI is InChI=1S/C19H21N3O4/c1-3-26-18-16(8-5-9-20-18)19(24)21-10-11-22(17(23)13-21)14-6-4-7-15(12-14)25-2/h4-9,12H,3,10-11,13H2,1-2H3. The molecular formula is C19H21N3O4. The predicted molar refractivity (Wildman–Crippen MR) is 96.7 cm³/mol. The average Bonchev–Trinajstić information content (AvgIpc) is 2.68. The van der Waals surface area contributed by atoms with Crippen molar-refractivity contribution >= 4 is 17.5 Å². The van der Waals surface area contributed by atoms with Crippen LogP contribution in [0.25, 0.3) is 0 Å². The van der Waals surface area contributed by atoms with E-state index in [1.165, 1.54) is 4.90 Å². The zero-order valence-corrected chi connectivity index (χ0v) is 14.8. The van der Waals surface area contributed by atoms with Crippen LogP contribution in [0.4, 0.5) is 5.69 Å². The van der Waals surface area contributed by atoms with Gasteiger partial charge < -0.3 is 19.3 Å². The van der Waals surface area contributed by atoms with E-state index in [9.17, 15) is 9.59 Å². The van der Waals surface area contributed by atoms with Crippen molar-refractivity contribution in [1.29, 1.82) is 0 Å². The van der Waals surface area contributed by atoms with Gasteiger partial charge in [-0.1, -0.05) is 6.07 Å². The van der Waals surface area contributed by atoms with Gasteiger partial charge in [0.15, 0.2) is 0 Å². The van der Waals surface area contributed by atoms with E-state index in [0.717, 1.165) is 5.69 Å². The van der Waals surface area contributed by atoms with Crippen LogP contribution in [0.5, 0.6) is 11.6 Å². The van der Waals surface area contributed by atoms with E-state index < -0.39 is 0 Å². The van der Waals surface area contributed by atoms with Crippen molar-refractivity contribution in [1.82, 2.24) is 9.88 Å². The highest BCUT2D eigenvalue weighted by Gasteiger charge is 2.30. The van der Waals surface area contributed by atoms with E-state index in [1.807, 2.05) is 31.2 Å². The Morgan fingerprint density at radius 2 is 2.08 bits per heavy atom. The SMILES string of the molecule is CCOc1ncccc1C(=O)N1CCN(c2cccc(OC)c2)C(=O)C1. The monoisotopic (exact) mass is 355 g/mol. The first-order chi connectivity index (χ1) is 12.6. The predicted octanol–water partition coefficient (Wildman–Crippen LogP) is 1.98. The van der Waals surface area contributed by atoms with Crippen LogP contribution < -0.4 is 14.4 Å². The van der Waals surface area contributed by atoms with Crippen LogP contribution in [-0.4, -0.2) is 55.0 Å². The van der Waals surface area contributed by atoms with Crippen molar-refractivity contribution in [2.45, 2.75) is 6.92 Å². The zero-order chi connectivity index (χ0) is 18.5. The summed E-state index contributed by atoms with van der Waals surface area (Å²) in [6, 6.07) is 10.7. The van der Waals surface area contributed by atoms with Gasteiger partial charge in [-0.25, -0.2) is 4.98 Å². The molecule has 0 spiro atoms. The molecule has 1 aromatic heterocycles. The summed E-state index contributed by atoms with van der Waals surface area (Å²) in [4.78, 5) is 32.7. The highest BCUT2D eigenvalue weighted by atomic mass is 16.5. The smallest absolute Gasteiger partial charge is 0.259 e. The number of piperazine rings is 1. The van der Waals surface area contributed by atoms with Crippen LogP contribution in [0.1, 0.15) is 17.3 Å². The molecule has 0 atom stereocenters. The summed E-state index contributed by atoms with van der Waals surface area (Å²) >= 11 is 0. The number of hydrogen-bond donors (Lipinski definition) is 0. The normalized spacial score (nSPS) is 14.3. The highest BCUT2D eigenvalue weighted by molar-refractivity contribution is 6.02. The van der Waals surface area contributed by atoms with Crippen molar-refractivity contribution in [2.24, 2.45) is 0 Å². The number of hydrogen-bond acceptors (Lipinski definition) is 5. The Morgan fingerprint density at radius 1 is 1.23 bits per heavy atom. The molecule has 136 valence electrons. The molecule has 1 saturated heterocycles. The molecular weight excluding hydrogens is 334 g/mol. The maximum atomic E-state index is 12.8. The van der Waals surface area contributed by atoms with Crippen molar-refractivity contribution in [3.05, 3.63) is 48.2 Å². The van der Waals surface area contributed by atoms with Gasteiger partial charge >= 0.3 is 0 Å². The minimum Gasteiger partial charge on any atom is -0.497 e. The highest BCUT2D eigenvalue weighted by Crippen LogP contribution is 2.24. The van der Waals surface area contributed by atoms with Crippen LogP contribution in [0.2, 0.25) is 0 Å². The molecule has 3 rings (SSSR count). The summed E-state index contributed by atoms with van der Waals surface area (Å²) in [7, 11) is 1.58. The third-order valence-corrected chi connectivity index (χ3v) is 4.16. The Morgan fingerprint density at radius 3 is 2.81 bits per heavy atom. The Labute approximate surface area is 152 Å². The van der Waals surface area contributed by atoms with Crippen LogP contribution in [0.15, 0.2) is 42.6 Å². The summed E-state index contributed by atoms with van der Waals surface area (Å²) in [5.74, 6) is 0.591. The topological polar surface area (TPSA) is 72.0 Å². The first kappa shape index (κ1) is 17.7. The summed E-state index contributed by atoms with van der Waals surface area (Å²) < 4.78 is 10.6. The first-order valence-corrected chi connectivity index (χ1v) is 8.45. The zero-order valence-electron chi connectivity index (χ0n) is 14.8. The van der Waals surface area contributed by atoms with Crippen LogP contribution in [0, 0.1) is 0 Å². The molecule has 1 aliphatic heterocycles. The lowest BCUT2D eigenvalue weighted by Crippen LogP contribution is -2.52. The van der Waals surface area contributed by atoms with Crippen molar-refractivity contribution in [3.63, 3.8) is 0 Å². The van der Waals surface area contributed by atoms with Crippen LogP contribution in [-0.2, 0) is 4.79 Å². The van der Waals surface area contributed by atoms with E-state index >= 15 is 0 Å². The first-order valence-electron chi connectivity index (χ1n) is 8.45. The molecule has 0 aliphatic carbocycles. The second kappa shape index (κ2) is 7.86. The van der Waals surface area contributed by atoms with Gasteiger partial charge in [-0.05, 0) is 31.2 Å². The number of nitrogens with zero attached hydrogens (tertiary/aromatic N) is 3. The minimum atomic E-state index is -0.250. The fourth-order valence-electron chi connectivity index (χ4n) is 2.87. The van der Waals surface area contributed by atoms with Gasteiger partial charge in [-0.3, -0.25) is 9.59 Å². The largest absolute Gasteiger partial charge is 0.497 e. The second-order valence-electron chi connectivity index (χ2n) is 5.76. The number of anilines is 1. The molecule has 0 N–H and O–H groups in total. The lowest BCUT2D eigenvalue weighted by atomic mass is 10.2. The lowest BCUT2D eigenvalue weighted by Gasteiger charge is -2.34. The number of methoxy groups -OCH3 is 1. The molecule has 0 bridgehead atoms. The number of rotatable bonds is 5. The molecule has 7 nitrogen and oxygen atoms in total. The quantitative estimate of drug-likeness (QED) is 0.820. The van der Waals surface area contributed by atoms with Crippen molar-refractivity contribution in [2.75, 3.05) is 38.3 Å². The summed E-state index contributed by atoms with van der Waals surface area (Å²) in [5, 5.41) is 0. The van der Waals surface area contributed by atoms with Gasteiger partial charge in [0, 0.05) is 31.0 Å². The lowest BCUT2D eigenvalue weighted by molar-refractivity contribution is -0.120. The molecule has 2 amide bonds. The third kappa shape index (κ3) is 3.61. The van der Waals surface area contributed by atoms with Crippen molar-refractivity contribution < 1.29 is 19.1 Å². The number of amides is 2. The van der Waals surface area contributed by atoms with Gasteiger partial charge in [-0.15, -0.1) is 0 Å². The molecule has 2 aromatic rings. The third-order valence-electron chi connectivity index (χ3n) is 4.16.